The Labute approximate surface area is 123 Å². The van der Waals surface area contributed by atoms with Gasteiger partial charge in [-0.1, -0.05) is 29.8 Å². The summed E-state index contributed by atoms with van der Waals surface area (Å²) in [4.78, 5) is 23.0. The van der Waals surface area contributed by atoms with Gasteiger partial charge < -0.3 is 10.1 Å². The van der Waals surface area contributed by atoms with E-state index >= 15 is 0 Å². The second-order valence-electron chi connectivity index (χ2n) is 4.95. The van der Waals surface area contributed by atoms with Crippen LogP contribution in [0.3, 0.4) is 0 Å². The van der Waals surface area contributed by atoms with Crippen molar-refractivity contribution in [2.75, 3.05) is 13.2 Å². The molecule has 1 atom stereocenters. The zero-order valence-corrected chi connectivity index (χ0v) is 12.0. The topological polar surface area (TPSA) is 79.8 Å². The van der Waals surface area contributed by atoms with Crippen LogP contribution in [0.2, 0.25) is 0 Å². The number of carbonyl (C=O) groups excluding carboxylic acids is 2. The molecule has 6 nitrogen and oxygen atoms in total. The number of amides is 2. The summed E-state index contributed by atoms with van der Waals surface area (Å²) in [6.07, 6.45) is 3.41. The summed E-state index contributed by atoms with van der Waals surface area (Å²) in [6, 6.07) is 7.64. The number of hydrogen-bond acceptors (Lipinski definition) is 4. The van der Waals surface area contributed by atoms with Crippen LogP contribution < -0.4 is 10.7 Å². The first-order valence-corrected chi connectivity index (χ1v) is 6.94. The van der Waals surface area contributed by atoms with Crippen molar-refractivity contribution < 1.29 is 14.3 Å². The molecule has 6 heteroatoms. The van der Waals surface area contributed by atoms with Crippen LogP contribution in [-0.2, 0) is 14.3 Å². The van der Waals surface area contributed by atoms with Crippen molar-refractivity contribution in [1.82, 2.24) is 10.7 Å². The zero-order chi connectivity index (χ0) is 15.1. The summed E-state index contributed by atoms with van der Waals surface area (Å²) in [5.41, 5.74) is 4.19. The SMILES string of the molecule is Cc1ccc(/C=N\NC(=O)C(=O)NC[C@@H]2CCCO2)cc1. The molecule has 0 unspecified atom stereocenters. The Morgan fingerprint density at radius 2 is 2.10 bits per heavy atom. The van der Waals surface area contributed by atoms with Crippen LogP contribution in [0, 0.1) is 6.92 Å². The third kappa shape index (κ3) is 5.00. The molecule has 1 aromatic carbocycles. The number of nitrogens with one attached hydrogen (secondary N) is 2. The van der Waals surface area contributed by atoms with Crippen molar-refractivity contribution in [2.45, 2.75) is 25.9 Å². The fourth-order valence-electron chi connectivity index (χ4n) is 1.96. The summed E-state index contributed by atoms with van der Waals surface area (Å²) in [7, 11) is 0. The molecule has 0 aromatic heterocycles. The highest BCUT2D eigenvalue weighted by Gasteiger charge is 2.18. The van der Waals surface area contributed by atoms with Gasteiger partial charge in [-0.05, 0) is 25.3 Å². The Bertz CT molecular complexity index is 519. The highest BCUT2D eigenvalue weighted by atomic mass is 16.5. The molecule has 112 valence electrons. The third-order valence-corrected chi connectivity index (χ3v) is 3.18. The van der Waals surface area contributed by atoms with E-state index in [4.69, 9.17) is 4.74 Å². The maximum Gasteiger partial charge on any atom is 0.329 e. The molecule has 2 rings (SSSR count). The standard InChI is InChI=1S/C15H19N3O3/c1-11-4-6-12(7-5-11)9-17-18-15(20)14(19)16-10-13-3-2-8-21-13/h4-7,9,13H,2-3,8,10H2,1H3,(H,16,19)(H,18,20)/b17-9-/t13-/m0/s1. The molecule has 2 amide bonds. The monoisotopic (exact) mass is 289 g/mol. The number of ether oxygens (including phenoxy) is 1. The van der Waals surface area contributed by atoms with Gasteiger partial charge >= 0.3 is 11.8 Å². The summed E-state index contributed by atoms with van der Waals surface area (Å²) in [5.74, 6) is -1.48. The molecular weight excluding hydrogens is 270 g/mol. The molecule has 0 spiro atoms. The Morgan fingerprint density at radius 3 is 2.76 bits per heavy atom. The Hall–Kier alpha value is -2.21. The van der Waals surface area contributed by atoms with Crippen LogP contribution in [0.4, 0.5) is 0 Å². The van der Waals surface area contributed by atoms with Crippen molar-refractivity contribution in [3.8, 4) is 0 Å². The zero-order valence-electron chi connectivity index (χ0n) is 12.0. The van der Waals surface area contributed by atoms with E-state index < -0.39 is 11.8 Å². The number of hydrogen-bond donors (Lipinski definition) is 2. The number of nitrogens with zero attached hydrogens (tertiary/aromatic N) is 1. The Balaban J connectivity index is 1.72. The predicted molar refractivity (Wildman–Crippen MR) is 78.9 cm³/mol. The van der Waals surface area contributed by atoms with E-state index in [0.29, 0.717) is 13.2 Å². The van der Waals surface area contributed by atoms with Crippen molar-refractivity contribution >= 4 is 18.0 Å². The van der Waals surface area contributed by atoms with Gasteiger partial charge in [-0.3, -0.25) is 9.59 Å². The molecule has 0 bridgehead atoms. The number of rotatable bonds is 4. The fourth-order valence-corrected chi connectivity index (χ4v) is 1.96. The molecule has 1 saturated heterocycles. The van der Waals surface area contributed by atoms with Gasteiger partial charge in [0.15, 0.2) is 0 Å². The second kappa shape index (κ2) is 7.54. The Kier molecular flexibility index (Phi) is 5.45. The van der Waals surface area contributed by atoms with E-state index in [1.807, 2.05) is 31.2 Å². The molecule has 1 fully saturated rings. The molecule has 21 heavy (non-hydrogen) atoms. The summed E-state index contributed by atoms with van der Waals surface area (Å²) in [5, 5.41) is 6.29. The maximum absolute atomic E-state index is 11.5. The van der Waals surface area contributed by atoms with E-state index in [-0.39, 0.29) is 6.10 Å². The first-order valence-electron chi connectivity index (χ1n) is 6.94. The molecule has 1 heterocycles. The van der Waals surface area contributed by atoms with Crippen LogP contribution >= 0.6 is 0 Å². The van der Waals surface area contributed by atoms with Crippen molar-refractivity contribution in [3.05, 3.63) is 35.4 Å². The van der Waals surface area contributed by atoms with Crippen LogP contribution in [0.25, 0.3) is 0 Å². The summed E-state index contributed by atoms with van der Waals surface area (Å²) >= 11 is 0. The van der Waals surface area contributed by atoms with Crippen molar-refractivity contribution in [1.29, 1.82) is 0 Å². The smallest absolute Gasteiger partial charge is 0.329 e. The maximum atomic E-state index is 11.5. The first kappa shape index (κ1) is 15.2. The molecule has 2 N–H and O–H groups in total. The van der Waals surface area contributed by atoms with Crippen molar-refractivity contribution in [2.24, 2.45) is 5.10 Å². The van der Waals surface area contributed by atoms with Crippen LogP contribution in [0.15, 0.2) is 29.4 Å². The van der Waals surface area contributed by atoms with Gasteiger partial charge in [-0.25, -0.2) is 5.43 Å². The highest BCUT2D eigenvalue weighted by molar-refractivity contribution is 6.35. The number of carbonyl (C=O) groups is 2. The molecule has 1 aromatic rings. The van der Waals surface area contributed by atoms with E-state index in [2.05, 4.69) is 15.8 Å². The van der Waals surface area contributed by atoms with E-state index in [1.165, 1.54) is 6.21 Å². The number of hydrazone groups is 1. The quantitative estimate of drug-likeness (QED) is 0.487. The average molecular weight is 289 g/mol. The van der Waals surface area contributed by atoms with Gasteiger partial charge in [-0.2, -0.15) is 5.10 Å². The normalized spacial score (nSPS) is 17.9. The van der Waals surface area contributed by atoms with Gasteiger partial charge in [0.2, 0.25) is 0 Å². The lowest BCUT2D eigenvalue weighted by Crippen LogP contribution is -2.41. The second-order valence-corrected chi connectivity index (χ2v) is 4.95. The van der Waals surface area contributed by atoms with E-state index in [1.54, 1.807) is 0 Å². The lowest BCUT2D eigenvalue weighted by atomic mass is 10.2. The van der Waals surface area contributed by atoms with Crippen LogP contribution in [0.5, 0.6) is 0 Å². The predicted octanol–water partition coefficient (Wildman–Crippen LogP) is 0.740. The minimum absolute atomic E-state index is 0.0119. The van der Waals surface area contributed by atoms with Crippen molar-refractivity contribution in [3.63, 3.8) is 0 Å². The molecule has 1 aliphatic rings. The van der Waals surface area contributed by atoms with Gasteiger partial charge in [-0.15, -0.1) is 0 Å². The number of benzene rings is 1. The summed E-state index contributed by atoms with van der Waals surface area (Å²) < 4.78 is 5.36. The van der Waals surface area contributed by atoms with Gasteiger partial charge in [0, 0.05) is 13.2 Å². The summed E-state index contributed by atoms with van der Waals surface area (Å²) in [6.45, 7) is 3.06. The van der Waals surface area contributed by atoms with E-state index in [9.17, 15) is 9.59 Å². The molecule has 0 aliphatic carbocycles. The Morgan fingerprint density at radius 1 is 1.33 bits per heavy atom. The lowest BCUT2D eigenvalue weighted by molar-refractivity contribution is -0.139. The average Bonchev–Trinajstić information content (AvgIpc) is 3.00. The fraction of sp³-hybridized carbons (Fsp3) is 0.400. The lowest BCUT2D eigenvalue weighted by Gasteiger charge is -2.09. The van der Waals surface area contributed by atoms with E-state index in [0.717, 1.165) is 24.0 Å². The van der Waals surface area contributed by atoms with Crippen LogP contribution in [0.1, 0.15) is 24.0 Å². The first-order chi connectivity index (χ1) is 10.1. The third-order valence-electron chi connectivity index (χ3n) is 3.18. The molecule has 1 aliphatic heterocycles. The molecule has 0 radical (unpaired) electrons. The molecular formula is C15H19N3O3. The largest absolute Gasteiger partial charge is 0.376 e. The minimum atomic E-state index is -0.781. The minimum Gasteiger partial charge on any atom is -0.376 e. The molecule has 0 saturated carbocycles. The van der Waals surface area contributed by atoms with Gasteiger partial charge in [0.05, 0.1) is 12.3 Å². The van der Waals surface area contributed by atoms with Gasteiger partial charge in [0.1, 0.15) is 0 Å². The highest BCUT2D eigenvalue weighted by Crippen LogP contribution is 2.10. The van der Waals surface area contributed by atoms with Crippen LogP contribution in [-0.4, -0.2) is 37.3 Å². The van der Waals surface area contributed by atoms with Gasteiger partial charge in [0.25, 0.3) is 0 Å². The number of aryl methyl sites for hydroxylation is 1.